The van der Waals surface area contributed by atoms with Gasteiger partial charge in [0.05, 0.1) is 6.23 Å². The number of rotatable bonds is 6. The van der Waals surface area contributed by atoms with Gasteiger partial charge < -0.3 is 17.8 Å². The van der Waals surface area contributed by atoms with Crippen LogP contribution < -0.4 is 0 Å². The van der Waals surface area contributed by atoms with Gasteiger partial charge in [-0.3, -0.25) is 0 Å². The van der Waals surface area contributed by atoms with E-state index >= 15 is 0 Å². The molecule has 108 valence electrons. The van der Waals surface area contributed by atoms with Crippen molar-refractivity contribution >= 4 is 25.4 Å². The molecule has 0 aliphatic rings. The lowest BCUT2D eigenvalue weighted by Gasteiger charge is -2.36. The molecule has 17 heavy (non-hydrogen) atoms. The molecule has 0 aliphatic carbocycles. The van der Waals surface area contributed by atoms with Gasteiger partial charge in [0.1, 0.15) is 0 Å². The first-order valence-corrected chi connectivity index (χ1v) is 13.8. The summed E-state index contributed by atoms with van der Waals surface area (Å²) in [6.07, 6.45) is 0.127. The Morgan fingerprint density at radius 1 is 0.824 bits per heavy atom. The molecule has 0 aliphatic heterocycles. The quantitative estimate of drug-likeness (QED) is 0.766. The molecular weight excluding hydrogens is 268 g/mol. The molecule has 0 aromatic heterocycles. The summed E-state index contributed by atoms with van der Waals surface area (Å²) in [7, 11) is -4.52. The van der Waals surface area contributed by atoms with Gasteiger partial charge >= 0.3 is 17.1 Å². The third-order valence-electron chi connectivity index (χ3n) is 1.89. The van der Waals surface area contributed by atoms with Crippen LogP contribution in [0, 0.1) is 0 Å². The Kier molecular flexibility index (Phi) is 10.4. The second kappa shape index (κ2) is 7.82. The molecule has 7 heteroatoms. The first-order valence-electron chi connectivity index (χ1n) is 5.10. The highest BCUT2D eigenvalue weighted by Crippen LogP contribution is 2.20. The van der Waals surface area contributed by atoms with Gasteiger partial charge in [0.2, 0.25) is 8.32 Å². The summed E-state index contributed by atoms with van der Waals surface area (Å²) in [6, 6.07) is 0. The van der Waals surface area contributed by atoms with Gasteiger partial charge in [0.15, 0.2) is 0 Å². The molecule has 0 aromatic carbocycles. The van der Waals surface area contributed by atoms with Crippen molar-refractivity contribution in [3.8, 4) is 0 Å². The fourth-order valence-electron chi connectivity index (χ4n) is 1.35. The zero-order valence-electron chi connectivity index (χ0n) is 10.9. The third kappa shape index (κ3) is 10.1. The summed E-state index contributed by atoms with van der Waals surface area (Å²) in [6.45, 7) is 12.0. The Balaban J connectivity index is -0.000000980. The molecule has 0 radical (unpaired) electrons. The van der Waals surface area contributed by atoms with Gasteiger partial charge in [0.25, 0.3) is 0 Å². The molecule has 0 heterocycles. The Bertz CT molecular complexity index is 188. The van der Waals surface area contributed by atoms with Gasteiger partial charge in [-0.25, -0.2) is 0 Å². The van der Waals surface area contributed by atoms with Crippen LogP contribution in [0.2, 0.25) is 39.3 Å². The lowest BCUT2D eigenvalue weighted by molar-refractivity contribution is 0.269. The summed E-state index contributed by atoms with van der Waals surface area (Å²) >= 11 is 0. The average Bonchev–Trinajstić information content (AvgIpc) is 2.00. The van der Waals surface area contributed by atoms with E-state index in [1.165, 1.54) is 0 Å². The molecule has 0 fully saturated rings. The van der Waals surface area contributed by atoms with E-state index in [2.05, 4.69) is 0 Å². The van der Waals surface area contributed by atoms with E-state index in [1.807, 2.05) is 39.3 Å². The lowest BCUT2D eigenvalue weighted by atomic mass is 11.7. The van der Waals surface area contributed by atoms with E-state index in [-0.39, 0.29) is 21.1 Å². The molecule has 4 nitrogen and oxygen atoms in total. The van der Waals surface area contributed by atoms with Crippen LogP contribution in [-0.4, -0.2) is 43.9 Å². The molecule has 0 spiro atoms. The molecule has 0 atom stereocenters. The van der Waals surface area contributed by atoms with Crippen LogP contribution in [0.15, 0.2) is 0 Å². The van der Waals surface area contributed by atoms with Crippen LogP contribution in [0.3, 0.4) is 0 Å². The van der Waals surface area contributed by atoms with E-state index in [9.17, 15) is 5.11 Å². The maximum Gasteiger partial charge on any atom is 0.322 e. The van der Waals surface area contributed by atoms with E-state index in [0.29, 0.717) is 0 Å². The van der Waals surface area contributed by atoms with Crippen molar-refractivity contribution in [1.82, 2.24) is 0 Å². The number of aliphatic hydroxyl groups excluding tert-OH is 1. The minimum Gasteiger partial charge on any atom is -0.435 e. The minimum absolute atomic E-state index is 0. The molecule has 0 saturated carbocycles. The molecule has 0 rings (SSSR count). The summed E-state index contributed by atoms with van der Waals surface area (Å²) in [5, 5.41) is 9.20. The Morgan fingerprint density at radius 3 is 1.53 bits per heavy atom. The number of hydrogen-bond acceptors (Lipinski definition) is 4. The zero-order valence-corrected chi connectivity index (χ0v) is 13.9. The predicted molar refractivity (Wildman–Crippen MR) is 82.2 cm³/mol. The van der Waals surface area contributed by atoms with Crippen LogP contribution in [0.4, 0.5) is 0 Å². The van der Waals surface area contributed by atoms with Crippen molar-refractivity contribution in [3.63, 3.8) is 0 Å². The highest BCUT2D eigenvalue weighted by molar-refractivity contribution is 6.86. The van der Waals surface area contributed by atoms with Crippen molar-refractivity contribution in [2.75, 3.05) is 13.3 Å². The van der Waals surface area contributed by atoms with Gasteiger partial charge in [-0.2, -0.15) is 0 Å². The van der Waals surface area contributed by atoms with Crippen LogP contribution in [0.5, 0.6) is 0 Å². The maximum atomic E-state index is 9.20. The standard InChI is InChI=1S/C8H24O4Si3.2CH4/c1-10-14(4,5)12-15(6,7)11-13(2,3)8-9;;/h9H,8H2,1-7H3;2*1H4. The SMILES string of the molecule is C.C.CO[Si](C)(C)O[Si](C)(C)O[Si](C)(C)CO. The Labute approximate surface area is 111 Å². The van der Waals surface area contributed by atoms with Gasteiger partial charge in [-0.15, -0.1) is 0 Å². The van der Waals surface area contributed by atoms with E-state index in [1.54, 1.807) is 7.11 Å². The largest absolute Gasteiger partial charge is 0.435 e. The average molecular weight is 301 g/mol. The molecule has 0 aromatic rings. The number of aliphatic hydroxyl groups is 1. The monoisotopic (exact) mass is 300 g/mol. The zero-order chi connectivity index (χ0) is 12.3. The highest BCUT2D eigenvalue weighted by Gasteiger charge is 2.39. The maximum absolute atomic E-state index is 9.20. The summed E-state index contributed by atoms with van der Waals surface area (Å²) in [5.41, 5.74) is 0. The van der Waals surface area contributed by atoms with Crippen molar-refractivity contribution < 1.29 is 17.8 Å². The minimum atomic E-state index is -2.18. The lowest BCUT2D eigenvalue weighted by Crippen LogP contribution is -2.54. The first-order chi connectivity index (χ1) is 6.54. The molecule has 1 N–H and O–H groups in total. The molecule has 0 amide bonds. The van der Waals surface area contributed by atoms with E-state index < -0.39 is 25.4 Å². The second-order valence-electron chi connectivity index (χ2n) is 5.13. The van der Waals surface area contributed by atoms with Gasteiger partial charge in [-0.05, 0) is 39.3 Å². The van der Waals surface area contributed by atoms with Crippen molar-refractivity contribution in [3.05, 3.63) is 0 Å². The molecular formula is C10H32O4Si3. The first kappa shape index (κ1) is 22.7. The highest BCUT2D eigenvalue weighted by atomic mass is 28.5. The topological polar surface area (TPSA) is 47.9 Å². The predicted octanol–water partition coefficient (Wildman–Crippen LogP) is 3.08. The molecule has 0 bridgehead atoms. The number of hydrogen-bond donors (Lipinski definition) is 1. The smallest absolute Gasteiger partial charge is 0.322 e. The van der Waals surface area contributed by atoms with Crippen molar-refractivity contribution in [1.29, 1.82) is 0 Å². The Morgan fingerprint density at radius 2 is 1.24 bits per heavy atom. The Hall–Kier alpha value is 0.491. The van der Waals surface area contributed by atoms with E-state index in [0.717, 1.165) is 0 Å². The normalized spacial score (nSPS) is 12.7. The van der Waals surface area contributed by atoms with E-state index in [4.69, 9.17) is 12.7 Å². The second-order valence-corrected chi connectivity index (χ2v) is 16.6. The van der Waals surface area contributed by atoms with Crippen LogP contribution in [0.1, 0.15) is 14.9 Å². The molecule has 0 unspecified atom stereocenters. The summed E-state index contributed by atoms with van der Waals surface area (Å²) in [5.74, 6) is 0. The van der Waals surface area contributed by atoms with Crippen LogP contribution >= 0.6 is 0 Å². The van der Waals surface area contributed by atoms with Crippen molar-refractivity contribution in [2.24, 2.45) is 0 Å². The van der Waals surface area contributed by atoms with Gasteiger partial charge in [0, 0.05) is 7.11 Å². The van der Waals surface area contributed by atoms with Gasteiger partial charge in [-0.1, -0.05) is 14.9 Å². The fraction of sp³-hybridized carbons (Fsp3) is 1.00. The third-order valence-corrected chi connectivity index (χ3v) is 11.7. The fourth-order valence-corrected chi connectivity index (χ4v) is 12.5. The van der Waals surface area contributed by atoms with Crippen LogP contribution in [-0.2, 0) is 12.7 Å². The summed E-state index contributed by atoms with van der Waals surface area (Å²) < 4.78 is 17.3. The van der Waals surface area contributed by atoms with Crippen LogP contribution in [0.25, 0.3) is 0 Å². The van der Waals surface area contributed by atoms with Crippen molar-refractivity contribution in [2.45, 2.75) is 54.1 Å². The summed E-state index contributed by atoms with van der Waals surface area (Å²) in [4.78, 5) is 0. The molecule has 0 saturated heterocycles.